The number of nitrogens with one attached hydrogen (secondary N) is 1. The van der Waals surface area contributed by atoms with E-state index in [1.807, 2.05) is 0 Å². The molecule has 0 aliphatic carbocycles. The van der Waals surface area contributed by atoms with Gasteiger partial charge in [-0.2, -0.15) is 14.3 Å². The largest absolute Gasteiger partial charge is 0.403 e. The molecule has 2 nitrogen and oxygen atoms in total. The molecule has 14 heavy (non-hydrogen) atoms. The third-order valence-corrected chi connectivity index (χ3v) is 1.37. The molecular weight excluding hydrogens is 209 g/mol. The van der Waals surface area contributed by atoms with Gasteiger partial charge in [0.2, 0.25) is 34.8 Å². The van der Waals surface area contributed by atoms with Gasteiger partial charge in [0.25, 0.3) is 0 Å². The summed E-state index contributed by atoms with van der Waals surface area (Å²) in [5.41, 5.74) is 1.80. The first-order valence-corrected chi connectivity index (χ1v) is 3.35. The molecule has 1 aromatic rings. The lowest BCUT2D eigenvalue weighted by Gasteiger charge is -2.07. The number of rotatable bonds is 2. The molecule has 0 amide bonds. The highest BCUT2D eigenvalue weighted by atomic mass is 19.2. The monoisotopic (exact) mass is 213 g/mol. The van der Waals surface area contributed by atoms with Crippen LogP contribution in [0.4, 0.5) is 22.0 Å². The van der Waals surface area contributed by atoms with E-state index in [1.165, 1.54) is 0 Å². The van der Waals surface area contributed by atoms with Crippen LogP contribution in [0.1, 0.15) is 0 Å². The van der Waals surface area contributed by atoms with Crippen molar-refractivity contribution in [3.63, 3.8) is 0 Å². The Labute approximate surface area is 75.2 Å². The summed E-state index contributed by atoms with van der Waals surface area (Å²) in [5, 5.41) is 0. The van der Waals surface area contributed by atoms with Crippen molar-refractivity contribution in [3.05, 3.63) is 29.1 Å². The second-order valence-corrected chi connectivity index (χ2v) is 2.21. The molecule has 0 atom stereocenters. The maximum atomic E-state index is 12.7. The Bertz CT molecular complexity index is 339. The van der Waals surface area contributed by atoms with Gasteiger partial charge in [0.15, 0.2) is 0 Å². The SMILES string of the molecule is CNOc1c(F)c(F)c(F)c(F)c1F. The zero-order valence-electron chi connectivity index (χ0n) is 6.80. The minimum Gasteiger partial charge on any atom is -0.403 e. The van der Waals surface area contributed by atoms with Gasteiger partial charge in [-0.1, -0.05) is 0 Å². The fourth-order valence-corrected chi connectivity index (χ4v) is 0.776. The van der Waals surface area contributed by atoms with E-state index in [9.17, 15) is 22.0 Å². The van der Waals surface area contributed by atoms with Crippen LogP contribution in [0.25, 0.3) is 0 Å². The Kier molecular flexibility index (Phi) is 2.90. The van der Waals surface area contributed by atoms with Crippen molar-refractivity contribution in [2.75, 3.05) is 7.05 Å². The Balaban J connectivity index is 3.43. The third kappa shape index (κ3) is 1.50. The van der Waals surface area contributed by atoms with E-state index < -0.39 is 34.8 Å². The zero-order valence-corrected chi connectivity index (χ0v) is 6.80. The first kappa shape index (κ1) is 10.7. The van der Waals surface area contributed by atoms with Crippen LogP contribution in [0.15, 0.2) is 0 Å². The van der Waals surface area contributed by atoms with Crippen molar-refractivity contribution < 1.29 is 26.8 Å². The highest BCUT2D eigenvalue weighted by Gasteiger charge is 2.27. The molecule has 0 aromatic heterocycles. The molecule has 0 saturated carbocycles. The number of hydroxylamine groups is 1. The van der Waals surface area contributed by atoms with Crippen molar-refractivity contribution >= 4 is 0 Å². The summed E-state index contributed by atoms with van der Waals surface area (Å²) in [6.45, 7) is 0. The van der Waals surface area contributed by atoms with E-state index in [-0.39, 0.29) is 0 Å². The molecule has 0 unspecified atom stereocenters. The van der Waals surface area contributed by atoms with Gasteiger partial charge < -0.3 is 4.84 Å². The van der Waals surface area contributed by atoms with Crippen molar-refractivity contribution in [1.29, 1.82) is 0 Å². The average molecular weight is 213 g/mol. The van der Waals surface area contributed by atoms with Crippen LogP contribution >= 0.6 is 0 Å². The second-order valence-electron chi connectivity index (χ2n) is 2.21. The van der Waals surface area contributed by atoms with Crippen LogP contribution in [0.3, 0.4) is 0 Å². The van der Waals surface area contributed by atoms with E-state index in [0.717, 1.165) is 7.05 Å². The van der Waals surface area contributed by atoms with Crippen LogP contribution in [-0.2, 0) is 0 Å². The topological polar surface area (TPSA) is 21.3 Å². The number of benzene rings is 1. The minimum absolute atomic E-state index is 1.11. The summed E-state index contributed by atoms with van der Waals surface area (Å²) >= 11 is 0. The van der Waals surface area contributed by atoms with Gasteiger partial charge in [-0.25, -0.2) is 13.2 Å². The highest BCUT2D eigenvalue weighted by molar-refractivity contribution is 5.29. The lowest BCUT2D eigenvalue weighted by atomic mass is 10.3. The lowest BCUT2D eigenvalue weighted by Crippen LogP contribution is -2.16. The van der Waals surface area contributed by atoms with Crippen molar-refractivity contribution in [2.45, 2.75) is 0 Å². The predicted molar refractivity (Wildman–Crippen MR) is 35.9 cm³/mol. The molecule has 7 heteroatoms. The maximum Gasteiger partial charge on any atom is 0.224 e. The van der Waals surface area contributed by atoms with Gasteiger partial charge in [-0.3, -0.25) is 0 Å². The molecule has 0 aliphatic rings. The quantitative estimate of drug-likeness (QED) is 0.350. The first-order valence-electron chi connectivity index (χ1n) is 3.35. The summed E-state index contributed by atoms with van der Waals surface area (Å²) in [6, 6.07) is 0. The zero-order chi connectivity index (χ0) is 10.9. The van der Waals surface area contributed by atoms with Gasteiger partial charge in [0, 0.05) is 7.05 Å². The molecule has 78 valence electrons. The number of hydrogen-bond donors (Lipinski definition) is 1. The summed E-state index contributed by atoms with van der Waals surface area (Å²) in [6.07, 6.45) is 0. The molecule has 1 aromatic carbocycles. The Hall–Kier alpha value is -1.37. The van der Waals surface area contributed by atoms with Crippen molar-refractivity contribution in [1.82, 2.24) is 5.48 Å². The van der Waals surface area contributed by atoms with Crippen LogP contribution in [-0.4, -0.2) is 7.05 Å². The van der Waals surface area contributed by atoms with Gasteiger partial charge in [-0.15, -0.1) is 0 Å². The van der Waals surface area contributed by atoms with Crippen molar-refractivity contribution in [2.24, 2.45) is 0 Å². The summed E-state index contributed by atoms with van der Waals surface area (Å²) in [4.78, 5) is 4.04. The molecule has 1 rings (SSSR count). The van der Waals surface area contributed by atoms with Crippen LogP contribution in [0, 0.1) is 29.1 Å². The van der Waals surface area contributed by atoms with Crippen LogP contribution in [0.5, 0.6) is 5.75 Å². The number of hydrogen-bond acceptors (Lipinski definition) is 2. The lowest BCUT2D eigenvalue weighted by molar-refractivity contribution is 0.191. The van der Waals surface area contributed by atoms with Gasteiger partial charge in [0.1, 0.15) is 0 Å². The average Bonchev–Trinajstić information content (AvgIpc) is 2.19. The number of halogens is 5. The summed E-state index contributed by atoms with van der Waals surface area (Å²) in [5.74, 6) is -11.7. The van der Waals surface area contributed by atoms with E-state index in [4.69, 9.17) is 0 Å². The minimum atomic E-state index is -2.22. The smallest absolute Gasteiger partial charge is 0.224 e. The Morgan fingerprint density at radius 2 is 1.14 bits per heavy atom. The fraction of sp³-hybridized carbons (Fsp3) is 0.143. The molecule has 0 aliphatic heterocycles. The predicted octanol–water partition coefficient (Wildman–Crippen LogP) is 1.90. The second kappa shape index (κ2) is 3.79. The van der Waals surface area contributed by atoms with Crippen LogP contribution < -0.4 is 10.3 Å². The molecule has 0 fully saturated rings. The van der Waals surface area contributed by atoms with Crippen molar-refractivity contribution in [3.8, 4) is 5.75 Å². The third-order valence-electron chi connectivity index (χ3n) is 1.37. The first-order chi connectivity index (χ1) is 6.50. The molecule has 0 radical (unpaired) electrons. The van der Waals surface area contributed by atoms with Gasteiger partial charge in [0.05, 0.1) is 0 Å². The summed E-state index contributed by atoms with van der Waals surface area (Å²) in [7, 11) is 1.11. The van der Waals surface area contributed by atoms with E-state index in [0.29, 0.717) is 0 Å². The highest BCUT2D eigenvalue weighted by Crippen LogP contribution is 2.28. The normalized spacial score (nSPS) is 10.4. The van der Waals surface area contributed by atoms with E-state index in [1.54, 1.807) is 5.48 Å². The fourth-order valence-electron chi connectivity index (χ4n) is 0.776. The molecule has 0 heterocycles. The van der Waals surface area contributed by atoms with E-state index in [2.05, 4.69) is 4.84 Å². The molecule has 0 bridgehead atoms. The summed E-state index contributed by atoms with van der Waals surface area (Å²) < 4.78 is 62.8. The molecule has 1 N–H and O–H groups in total. The van der Waals surface area contributed by atoms with E-state index >= 15 is 0 Å². The Morgan fingerprint density at radius 3 is 1.50 bits per heavy atom. The van der Waals surface area contributed by atoms with Gasteiger partial charge >= 0.3 is 0 Å². The Morgan fingerprint density at radius 1 is 0.786 bits per heavy atom. The van der Waals surface area contributed by atoms with Crippen LogP contribution in [0.2, 0.25) is 0 Å². The molecular formula is C7H4F5NO. The molecule has 0 spiro atoms. The molecule has 0 saturated heterocycles. The maximum absolute atomic E-state index is 12.7. The van der Waals surface area contributed by atoms with Gasteiger partial charge in [-0.05, 0) is 0 Å². The standard InChI is InChI=1S/C7H4F5NO/c1-13-14-7-5(11)3(9)2(8)4(10)6(7)12/h13H,1H3.